The number of hydrogen-bond acceptors (Lipinski definition) is 3. The Morgan fingerprint density at radius 1 is 0.839 bits per heavy atom. The van der Waals surface area contributed by atoms with Crippen LogP contribution in [-0.4, -0.2) is 22.6 Å². The molecule has 0 aliphatic heterocycles. The van der Waals surface area contributed by atoms with Crippen LogP contribution in [0.2, 0.25) is 0 Å². The minimum atomic E-state index is -0.822. The zero-order chi connectivity index (χ0) is 22.7. The van der Waals surface area contributed by atoms with Gasteiger partial charge in [0.2, 0.25) is 0 Å². The summed E-state index contributed by atoms with van der Waals surface area (Å²) in [5.41, 5.74) is 11.5. The van der Waals surface area contributed by atoms with Gasteiger partial charge in [-0.1, -0.05) is 23.8 Å². The summed E-state index contributed by atoms with van der Waals surface area (Å²) < 4.78 is 2.16. The number of nitrogens with zero attached hydrogens (tertiary/aromatic N) is 2. The maximum absolute atomic E-state index is 12.1. The van der Waals surface area contributed by atoms with Crippen molar-refractivity contribution in [3.63, 3.8) is 0 Å². The first kappa shape index (κ1) is 22.0. The van der Waals surface area contributed by atoms with E-state index in [2.05, 4.69) is 52.5 Å². The largest absolute Gasteiger partial charge is 0.329 e. The van der Waals surface area contributed by atoms with Crippen LogP contribution in [0.15, 0.2) is 47.6 Å². The van der Waals surface area contributed by atoms with Crippen molar-refractivity contribution in [1.29, 1.82) is 0 Å². The van der Waals surface area contributed by atoms with E-state index in [-0.39, 0.29) is 0 Å². The lowest BCUT2D eigenvalue weighted by atomic mass is 10.1. The fourth-order valence-electron chi connectivity index (χ4n) is 3.56. The highest BCUT2D eigenvalue weighted by atomic mass is 16.2. The van der Waals surface area contributed by atoms with Crippen LogP contribution in [0.5, 0.6) is 0 Å². The molecule has 0 unspecified atom stereocenters. The Balaban J connectivity index is 1.70. The minimum absolute atomic E-state index is 0.573. The van der Waals surface area contributed by atoms with Gasteiger partial charge in [-0.3, -0.25) is 9.59 Å². The Bertz CT molecular complexity index is 1190. The Hall–Kier alpha value is -3.67. The van der Waals surface area contributed by atoms with Gasteiger partial charge in [0.15, 0.2) is 0 Å². The summed E-state index contributed by atoms with van der Waals surface area (Å²) in [6.45, 7) is 12.1. The van der Waals surface area contributed by atoms with E-state index in [4.69, 9.17) is 0 Å². The molecule has 0 atom stereocenters. The summed E-state index contributed by atoms with van der Waals surface area (Å²) in [5, 5.41) is 6.57. The lowest BCUT2D eigenvalue weighted by Gasteiger charge is -2.13. The van der Waals surface area contributed by atoms with E-state index in [1.165, 1.54) is 11.1 Å². The number of carbonyl (C=O) groups excluding carboxylic acids is 2. The zero-order valence-electron chi connectivity index (χ0n) is 18.8. The average molecular weight is 417 g/mol. The van der Waals surface area contributed by atoms with Crippen LogP contribution in [0.1, 0.15) is 39.2 Å². The molecular weight excluding hydrogens is 388 g/mol. The predicted octanol–water partition coefficient (Wildman–Crippen LogP) is 4.42. The van der Waals surface area contributed by atoms with Crippen molar-refractivity contribution in [2.45, 2.75) is 41.5 Å². The summed E-state index contributed by atoms with van der Waals surface area (Å²) >= 11 is 0. The SMILES string of the molecule is Cc1ccc(-n2c(C)cc(/C=N\NC(=O)C(=O)Nc3ccc(C)c(C)c3)c2C)c(C)c1. The van der Waals surface area contributed by atoms with E-state index in [9.17, 15) is 9.59 Å². The van der Waals surface area contributed by atoms with Crippen LogP contribution >= 0.6 is 0 Å². The molecule has 0 fully saturated rings. The molecule has 2 amide bonds. The number of hydrazone groups is 1. The second kappa shape index (κ2) is 9.00. The number of hydrogen-bond donors (Lipinski definition) is 2. The quantitative estimate of drug-likeness (QED) is 0.375. The lowest BCUT2D eigenvalue weighted by molar-refractivity contribution is -0.136. The fraction of sp³-hybridized carbons (Fsp3) is 0.240. The van der Waals surface area contributed by atoms with Gasteiger partial charge < -0.3 is 9.88 Å². The first-order valence-corrected chi connectivity index (χ1v) is 10.2. The second-order valence-corrected chi connectivity index (χ2v) is 7.90. The van der Waals surface area contributed by atoms with E-state index in [0.29, 0.717) is 5.69 Å². The first-order valence-electron chi connectivity index (χ1n) is 10.2. The highest BCUT2D eigenvalue weighted by Gasteiger charge is 2.14. The molecule has 2 N–H and O–H groups in total. The van der Waals surface area contributed by atoms with Crippen molar-refractivity contribution in [3.8, 4) is 5.69 Å². The van der Waals surface area contributed by atoms with Gasteiger partial charge in [0.05, 0.1) is 6.21 Å². The number of benzene rings is 2. The first-order chi connectivity index (χ1) is 14.7. The van der Waals surface area contributed by atoms with Crippen molar-refractivity contribution < 1.29 is 9.59 Å². The molecule has 0 radical (unpaired) electrons. The van der Waals surface area contributed by atoms with E-state index in [1.807, 2.05) is 45.9 Å². The van der Waals surface area contributed by atoms with E-state index in [0.717, 1.165) is 33.8 Å². The lowest BCUT2D eigenvalue weighted by Crippen LogP contribution is -2.32. The number of aryl methyl sites for hydroxylation is 5. The smallest absolute Gasteiger partial charge is 0.318 e. The Kier molecular flexibility index (Phi) is 6.39. The molecule has 0 aliphatic carbocycles. The Labute approximate surface area is 183 Å². The normalized spacial score (nSPS) is 11.0. The summed E-state index contributed by atoms with van der Waals surface area (Å²) in [6.07, 6.45) is 1.56. The number of carbonyl (C=O) groups is 2. The molecule has 0 spiro atoms. The third-order valence-corrected chi connectivity index (χ3v) is 5.40. The number of rotatable bonds is 4. The van der Waals surface area contributed by atoms with Crippen molar-refractivity contribution in [1.82, 2.24) is 9.99 Å². The molecule has 160 valence electrons. The third kappa shape index (κ3) is 4.91. The highest BCUT2D eigenvalue weighted by molar-refractivity contribution is 6.39. The molecule has 3 aromatic rings. The predicted molar refractivity (Wildman–Crippen MR) is 125 cm³/mol. The van der Waals surface area contributed by atoms with Crippen molar-refractivity contribution in [3.05, 3.63) is 81.7 Å². The van der Waals surface area contributed by atoms with Crippen molar-refractivity contribution in [2.75, 3.05) is 5.32 Å². The van der Waals surface area contributed by atoms with Gasteiger partial charge in [0, 0.05) is 28.3 Å². The molecule has 6 nitrogen and oxygen atoms in total. The standard InChI is InChI=1S/C25H28N4O2/c1-15-7-10-23(18(4)11-15)29-19(5)13-21(20(29)6)14-26-28-25(31)24(30)27-22-9-8-16(2)17(3)12-22/h7-14H,1-6H3,(H,27,30)(H,28,31)/b26-14-. The maximum atomic E-state index is 12.1. The van der Waals surface area contributed by atoms with Gasteiger partial charge in [-0.2, -0.15) is 5.10 Å². The maximum Gasteiger partial charge on any atom is 0.329 e. The second-order valence-electron chi connectivity index (χ2n) is 7.90. The van der Waals surface area contributed by atoms with Gasteiger partial charge in [-0.25, -0.2) is 5.43 Å². The molecule has 6 heteroatoms. The monoisotopic (exact) mass is 416 g/mol. The van der Waals surface area contributed by atoms with Crippen LogP contribution in [-0.2, 0) is 9.59 Å². The van der Waals surface area contributed by atoms with Gasteiger partial charge in [0.25, 0.3) is 0 Å². The van der Waals surface area contributed by atoms with E-state index in [1.54, 1.807) is 12.3 Å². The molecule has 0 saturated heterocycles. The third-order valence-electron chi connectivity index (χ3n) is 5.40. The van der Waals surface area contributed by atoms with Gasteiger partial charge >= 0.3 is 11.8 Å². The van der Waals surface area contributed by atoms with Gasteiger partial charge in [0.1, 0.15) is 0 Å². The van der Waals surface area contributed by atoms with Crippen molar-refractivity contribution in [2.24, 2.45) is 5.10 Å². The summed E-state index contributed by atoms with van der Waals surface area (Å²) in [4.78, 5) is 24.2. The number of aromatic nitrogens is 1. The minimum Gasteiger partial charge on any atom is -0.318 e. The number of nitrogens with one attached hydrogen (secondary N) is 2. The molecule has 0 saturated carbocycles. The summed E-state index contributed by atoms with van der Waals surface area (Å²) in [6, 6.07) is 13.8. The molecule has 2 aromatic carbocycles. The molecule has 31 heavy (non-hydrogen) atoms. The van der Waals surface area contributed by atoms with Crippen molar-refractivity contribution >= 4 is 23.7 Å². The zero-order valence-corrected chi connectivity index (χ0v) is 18.8. The van der Waals surface area contributed by atoms with E-state index >= 15 is 0 Å². The van der Waals surface area contributed by atoms with Crippen LogP contribution in [0, 0.1) is 41.5 Å². The van der Waals surface area contributed by atoms with Crippen LogP contribution < -0.4 is 10.7 Å². The van der Waals surface area contributed by atoms with Crippen LogP contribution in [0.3, 0.4) is 0 Å². The highest BCUT2D eigenvalue weighted by Crippen LogP contribution is 2.23. The van der Waals surface area contributed by atoms with Crippen LogP contribution in [0.4, 0.5) is 5.69 Å². The average Bonchev–Trinajstić information content (AvgIpc) is 2.98. The van der Waals surface area contributed by atoms with Gasteiger partial charge in [-0.15, -0.1) is 0 Å². The Morgan fingerprint density at radius 2 is 1.58 bits per heavy atom. The molecular formula is C25H28N4O2. The number of anilines is 1. The molecule has 1 heterocycles. The topological polar surface area (TPSA) is 75.5 Å². The molecule has 0 aliphatic rings. The number of amides is 2. The Morgan fingerprint density at radius 3 is 2.26 bits per heavy atom. The molecule has 0 bridgehead atoms. The summed E-state index contributed by atoms with van der Waals surface area (Å²) in [7, 11) is 0. The fourth-order valence-corrected chi connectivity index (χ4v) is 3.56. The molecule has 1 aromatic heterocycles. The van der Waals surface area contributed by atoms with Crippen LogP contribution in [0.25, 0.3) is 5.69 Å². The molecule has 3 rings (SSSR count). The van der Waals surface area contributed by atoms with E-state index < -0.39 is 11.8 Å². The summed E-state index contributed by atoms with van der Waals surface area (Å²) in [5.74, 6) is -1.58. The van der Waals surface area contributed by atoms with Gasteiger partial charge in [-0.05, 0) is 82.5 Å².